The first-order valence-electron chi connectivity index (χ1n) is 7.33. The Morgan fingerprint density at radius 3 is 2.74 bits per heavy atom. The summed E-state index contributed by atoms with van der Waals surface area (Å²) < 4.78 is 5.89. The Morgan fingerprint density at radius 2 is 2.11 bits per heavy atom. The van der Waals surface area contributed by atoms with Gasteiger partial charge in [0.25, 0.3) is 0 Å². The molecular weight excluding hydrogens is 238 g/mol. The van der Waals surface area contributed by atoms with Gasteiger partial charge in [0.2, 0.25) is 0 Å². The van der Waals surface area contributed by atoms with Crippen LogP contribution in [0.1, 0.15) is 30.9 Å². The fourth-order valence-electron chi connectivity index (χ4n) is 3.11. The van der Waals surface area contributed by atoms with Crippen LogP contribution in [0.5, 0.6) is 0 Å². The third-order valence-corrected chi connectivity index (χ3v) is 4.03. The highest BCUT2D eigenvalue weighted by atomic mass is 16.5. The summed E-state index contributed by atoms with van der Waals surface area (Å²) in [5.74, 6) is 1.14. The molecule has 2 atom stereocenters. The first-order valence-corrected chi connectivity index (χ1v) is 7.33. The van der Waals surface area contributed by atoms with Crippen molar-refractivity contribution in [2.24, 2.45) is 0 Å². The molecule has 1 N–H and O–H groups in total. The number of hydrogen-bond acceptors (Lipinski definition) is 4. The molecule has 0 saturated carbocycles. The van der Waals surface area contributed by atoms with Crippen molar-refractivity contribution < 1.29 is 4.74 Å². The number of pyridine rings is 1. The van der Waals surface area contributed by atoms with Crippen LogP contribution in [0.3, 0.4) is 0 Å². The number of ether oxygens (including phenoxy) is 1. The van der Waals surface area contributed by atoms with E-state index in [0.29, 0.717) is 12.2 Å². The van der Waals surface area contributed by atoms with Crippen LogP contribution in [0, 0.1) is 6.92 Å². The third-order valence-electron chi connectivity index (χ3n) is 4.03. The number of rotatable bonds is 4. The van der Waals surface area contributed by atoms with Gasteiger partial charge in [-0.15, -0.1) is 0 Å². The average molecular weight is 261 g/mol. The Bertz CT molecular complexity index is 437. The van der Waals surface area contributed by atoms with Gasteiger partial charge in [0.15, 0.2) is 0 Å². The van der Waals surface area contributed by atoms with Gasteiger partial charge in [-0.2, -0.15) is 0 Å². The first-order chi connectivity index (χ1) is 9.26. The summed E-state index contributed by atoms with van der Waals surface area (Å²) in [6, 6.07) is 2.25. The van der Waals surface area contributed by atoms with Gasteiger partial charge in [0.1, 0.15) is 5.82 Å². The second-order valence-electron chi connectivity index (χ2n) is 5.63. The summed E-state index contributed by atoms with van der Waals surface area (Å²) in [5.41, 5.74) is 2.54. The van der Waals surface area contributed by atoms with Crippen molar-refractivity contribution in [3.05, 3.63) is 23.4 Å². The van der Waals surface area contributed by atoms with Crippen LogP contribution in [-0.4, -0.2) is 36.8 Å². The molecule has 2 aliphatic rings. The second-order valence-corrected chi connectivity index (χ2v) is 5.63. The maximum Gasteiger partial charge on any atom is 0.131 e. The van der Waals surface area contributed by atoms with Crippen LogP contribution in [0.15, 0.2) is 12.3 Å². The molecule has 0 aromatic carbocycles. The quantitative estimate of drug-likeness (QED) is 0.898. The Balaban J connectivity index is 1.74. The van der Waals surface area contributed by atoms with Crippen molar-refractivity contribution in [2.75, 3.05) is 24.5 Å². The zero-order valence-corrected chi connectivity index (χ0v) is 11.9. The molecule has 4 heteroatoms. The fourth-order valence-corrected chi connectivity index (χ4v) is 3.11. The number of anilines is 1. The molecule has 2 bridgehead atoms. The van der Waals surface area contributed by atoms with Crippen molar-refractivity contribution in [1.82, 2.24) is 10.3 Å². The van der Waals surface area contributed by atoms with Gasteiger partial charge in [-0.05, 0) is 43.5 Å². The van der Waals surface area contributed by atoms with E-state index >= 15 is 0 Å². The molecule has 0 spiro atoms. The lowest BCUT2D eigenvalue weighted by atomic mass is 10.1. The number of fused-ring (bicyclic) bond motifs is 2. The number of aryl methyl sites for hydroxylation is 1. The van der Waals surface area contributed by atoms with Crippen molar-refractivity contribution in [3.8, 4) is 0 Å². The van der Waals surface area contributed by atoms with Crippen molar-refractivity contribution in [3.63, 3.8) is 0 Å². The molecule has 2 fully saturated rings. The zero-order valence-electron chi connectivity index (χ0n) is 11.9. The summed E-state index contributed by atoms with van der Waals surface area (Å²) in [6.45, 7) is 8.17. The van der Waals surface area contributed by atoms with Gasteiger partial charge in [0, 0.05) is 25.8 Å². The molecule has 19 heavy (non-hydrogen) atoms. The maximum atomic E-state index is 5.89. The monoisotopic (exact) mass is 261 g/mol. The first kappa shape index (κ1) is 12.9. The topological polar surface area (TPSA) is 37.4 Å². The molecular formula is C15H23N3O. The van der Waals surface area contributed by atoms with E-state index in [1.54, 1.807) is 0 Å². The van der Waals surface area contributed by atoms with Crippen LogP contribution in [0.25, 0.3) is 0 Å². The van der Waals surface area contributed by atoms with Gasteiger partial charge in [0.05, 0.1) is 12.2 Å². The van der Waals surface area contributed by atoms with Gasteiger partial charge >= 0.3 is 0 Å². The summed E-state index contributed by atoms with van der Waals surface area (Å²) in [5, 5.41) is 3.34. The average Bonchev–Trinajstić information content (AvgIpc) is 2.75. The summed E-state index contributed by atoms with van der Waals surface area (Å²) >= 11 is 0. The Hall–Kier alpha value is -1.13. The number of aromatic nitrogens is 1. The zero-order chi connectivity index (χ0) is 13.2. The second kappa shape index (κ2) is 5.47. The molecule has 0 amide bonds. The van der Waals surface area contributed by atoms with Crippen LogP contribution in [-0.2, 0) is 11.3 Å². The highest BCUT2D eigenvalue weighted by Crippen LogP contribution is 2.30. The fraction of sp³-hybridized carbons (Fsp3) is 0.667. The van der Waals surface area contributed by atoms with E-state index in [2.05, 4.69) is 35.1 Å². The standard InChI is InChI=1S/C15H23N3O/c1-3-16-7-12-6-11(2)15(17-8-12)18-9-13-4-5-14(10-18)19-13/h6,8,13-14,16H,3-5,7,9-10H2,1-2H3. The lowest BCUT2D eigenvalue weighted by molar-refractivity contribution is 0.0302. The molecule has 3 heterocycles. The van der Waals surface area contributed by atoms with Crippen molar-refractivity contribution >= 4 is 5.82 Å². The van der Waals surface area contributed by atoms with Gasteiger partial charge in [-0.3, -0.25) is 0 Å². The molecule has 2 unspecified atom stereocenters. The Kier molecular flexibility index (Phi) is 3.71. The van der Waals surface area contributed by atoms with Crippen LogP contribution in [0.4, 0.5) is 5.82 Å². The van der Waals surface area contributed by atoms with E-state index in [1.165, 1.54) is 24.0 Å². The molecule has 2 aliphatic heterocycles. The predicted octanol–water partition coefficient (Wildman–Crippen LogP) is 1.87. The SMILES string of the molecule is CCNCc1cnc(N2CC3CCC(C2)O3)c(C)c1. The van der Waals surface area contributed by atoms with Crippen LogP contribution < -0.4 is 10.2 Å². The van der Waals surface area contributed by atoms with Gasteiger partial charge in [-0.1, -0.05) is 6.92 Å². The minimum Gasteiger partial charge on any atom is -0.371 e. The van der Waals surface area contributed by atoms with Crippen molar-refractivity contribution in [2.45, 2.75) is 45.4 Å². The molecule has 1 aromatic rings. The summed E-state index contributed by atoms with van der Waals surface area (Å²) in [6.07, 6.45) is 5.25. The van der Waals surface area contributed by atoms with Gasteiger partial charge < -0.3 is 15.0 Å². The van der Waals surface area contributed by atoms with E-state index in [1.807, 2.05) is 6.20 Å². The molecule has 2 saturated heterocycles. The molecule has 0 radical (unpaired) electrons. The summed E-state index contributed by atoms with van der Waals surface area (Å²) in [7, 11) is 0. The maximum absolute atomic E-state index is 5.89. The smallest absolute Gasteiger partial charge is 0.131 e. The molecule has 0 aliphatic carbocycles. The largest absolute Gasteiger partial charge is 0.371 e. The normalized spacial score (nSPS) is 25.9. The highest BCUT2D eigenvalue weighted by Gasteiger charge is 2.34. The predicted molar refractivity (Wildman–Crippen MR) is 76.5 cm³/mol. The van der Waals surface area contributed by atoms with Gasteiger partial charge in [-0.25, -0.2) is 4.98 Å². The molecule has 4 nitrogen and oxygen atoms in total. The Labute approximate surface area is 115 Å². The summed E-state index contributed by atoms with van der Waals surface area (Å²) in [4.78, 5) is 7.08. The van der Waals surface area contributed by atoms with Crippen molar-refractivity contribution in [1.29, 1.82) is 0 Å². The number of nitrogens with zero attached hydrogens (tertiary/aromatic N) is 2. The third kappa shape index (κ3) is 2.74. The molecule has 104 valence electrons. The lowest BCUT2D eigenvalue weighted by Crippen LogP contribution is -2.43. The molecule has 1 aromatic heterocycles. The number of nitrogens with one attached hydrogen (secondary N) is 1. The van der Waals surface area contributed by atoms with Crippen LogP contribution in [0.2, 0.25) is 0 Å². The van der Waals surface area contributed by atoms with E-state index in [-0.39, 0.29) is 0 Å². The van der Waals surface area contributed by atoms with E-state index < -0.39 is 0 Å². The van der Waals surface area contributed by atoms with E-state index in [4.69, 9.17) is 4.74 Å². The number of hydrogen-bond donors (Lipinski definition) is 1. The minimum atomic E-state index is 0.418. The van der Waals surface area contributed by atoms with E-state index in [9.17, 15) is 0 Å². The Morgan fingerprint density at radius 1 is 1.37 bits per heavy atom. The molecule has 3 rings (SSSR count). The van der Waals surface area contributed by atoms with E-state index in [0.717, 1.165) is 32.0 Å². The minimum absolute atomic E-state index is 0.418. The number of morpholine rings is 1. The lowest BCUT2D eigenvalue weighted by Gasteiger charge is -2.33. The highest BCUT2D eigenvalue weighted by molar-refractivity contribution is 5.48. The van der Waals surface area contributed by atoms with Crippen LogP contribution >= 0.6 is 0 Å².